The lowest BCUT2D eigenvalue weighted by Crippen LogP contribution is -2.66. The topological polar surface area (TPSA) is 307 Å². The molecule has 19 heteroatoms. The van der Waals surface area contributed by atoms with Crippen LogP contribution in [0.2, 0.25) is 0 Å². The minimum absolute atomic E-state index is 0.244. The van der Waals surface area contributed by atoms with Gasteiger partial charge in [-0.2, -0.15) is 0 Å². The minimum atomic E-state index is -1.97. The van der Waals surface area contributed by atoms with Crippen molar-refractivity contribution in [3.63, 3.8) is 0 Å². The fourth-order valence-electron chi connectivity index (χ4n) is 9.43. The number of hydrogen-bond donors (Lipinski definition) is 12. The summed E-state index contributed by atoms with van der Waals surface area (Å²) in [5.74, 6) is -0.244. The molecule has 0 aliphatic carbocycles. The zero-order valence-electron chi connectivity index (χ0n) is 41.8. The number of carbonyl (C=O) groups is 1. The second-order valence-electron chi connectivity index (χ2n) is 19.7. The molecule has 3 aliphatic rings. The fourth-order valence-corrected chi connectivity index (χ4v) is 9.43. The Morgan fingerprint density at radius 3 is 1.26 bits per heavy atom. The third-order valence-electron chi connectivity index (χ3n) is 13.9. The molecule has 0 saturated carbocycles. The highest BCUT2D eigenvalue weighted by molar-refractivity contribution is 5.76. The Balaban J connectivity index is 1.55. The number of nitrogens with one attached hydrogen (secondary N) is 1. The molecular weight excluding hydrogens is 903 g/mol. The molecule has 1 amide bonds. The van der Waals surface area contributed by atoms with Crippen LogP contribution in [0.5, 0.6) is 0 Å². The first-order valence-electron chi connectivity index (χ1n) is 26.8. The molecule has 0 aromatic heterocycles. The zero-order chi connectivity index (χ0) is 50.6. The number of carbonyl (C=O) groups excluding carboxylic acids is 1. The molecule has 0 spiro atoms. The van der Waals surface area contributed by atoms with Crippen molar-refractivity contribution in [3.8, 4) is 0 Å². The van der Waals surface area contributed by atoms with Crippen LogP contribution >= 0.6 is 0 Å². The normalized spacial score (nSPS) is 32.8. The number of rotatable bonds is 38. The van der Waals surface area contributed by atoms with Crippen molar-refractivity contribution in [3.05, 3.63) is 0 Å². The Hall–Kier alpha value is -1.21. The van der Waals surface area contributed by atoms with E-state index in [1.165, 1.54) is 103 Å². The van der Waals surface area contributed by atoms with Gasteiger partial charge in [-0.3, -0.25) is 4.79 Å². The van der Waals surface area contributed by atoms with Crippen molar-refractivity contribution in [2.45, 2.75) is 285 Å². The lowest BCUT2D eigenvalue weighted by Gasteiger charge is -2.48. The molecule has 12 N–H and O–H groups in total. The van der Waals surface area contributed by atoms with E-state index in [2.05, 4.69) is 19.2 Å². The quantitative estimate of drug-likeness (QED) is 0.0396. The molecule has 19 nitrogen and oxygen atoms in total. The van der Waals surface area contributed by atoms with E-state index >= 15 is 0 Å². The van der Waals surface area contributed by atoms with Gasteiger partial charge >= 0.3 is 0 Å². The minimum Gasteiger partial charge on any atom is -0.394 e. The summed E-state index contributed by atoms with van der Waals surface area (Å²) < 4.78 is 34.2. The number of hydrogen-bond acceptors (Lipinski definition) is 18. The standard InChI is InChI=1S/C50H95NO18/c1-3-5-7-9-11-13-15-16-18-19-21-23-25-27-34(55)33(51-38(56)28-26-24-22-20-17-14-12-10-8-6-4-2)32-64-48-44(62)41(59)46(36(30-53)66-48)69-50-45(63)42(60)47(37(31-54)67-50)68-49-43(61)40(58)39(57)35(29-52)65-49/h33-37,39-50,52-55,57-63H,3-32H2,1-2H3,(H,51,56). The lowest BCUT2D eigenvalue weighted by molar-refractivity contribution is -0.379. The molecule has 3 rings (SSSR count). The van der Waals surface area contributed by atoms with Crippen LogP contribution in [0.15, 0.2) is 0 Å². The molecule has 0 bridgehead atoms. The van der Waals surface area contributed by atoms with E-state index < -0.39 is 124 Å². The summed E-state index contributed by atoms with van der Waals surface area (Å²) >= 11 is 0. The number of amides is 1. The summed E-state index contributed by atoms with van der Waals surface area (Å²) in [6.07, 6.45) is 2.08. The van der Waals surface area contributed by atoms with Gasteiger partial charge in [-0.15, -0.1) is 0 Å². The van der Waals surface area contributed by atoms with Gasteiger partial charge in [0.25, 0.3) is 0 Å². The van der Waals surface area contributed by atoms with Crippen LogP contribution in [-0.2, 0) is 33.2 Å². The van der Waals surface area contributed by atoms with Crippen LogP contribution in [0.4, 0.5) is 0 Å². The number of unbranched alkanes of at least 4 members (excludes halogenated alkanes) is 22. The van der Waals surface area contributed by atoms with Crippen LogP contribution in [0.3, 0.4) is 0 Å². The van der Waals surface area contributed by atoms with Crippen molar-refractivity contribution in [1.82, 2.24) is 5.32 Å². The summed E-state index contributed by atoms with van der Waals surface area (Å²) in [5, 5.41) is 120. The molecule has 0 aromatic rings. The van der Waals surface area contributed by atoms with E-state index in [4.69, 9.17) is 28.4 Å². The van der Waals surface area contributed by atoms with Crippen molar-refractivity contribution in [2.75, 3.05) is 26.4 Å². The lowest BCUT2D eigenvalue weighted by atomic mass is 9.96. The Labute approximate surface area is 411 Å². The Kier molecular flexibility index (Phi) is 32.3. The SMILES string of the molecule is CCCCCCCCCCCCCCCC(O)C(COC1OC(CO)C(OC2OC(CO)C(OC3OC(CO)C(O)C(O)C3O)C(O)C2O)C(O)C1O)NC(=O)CCCCCCCCCCCCC. The fraction of sp³-hybridized carbons (Fsp3) is 0.980. The van der Waals surface area contributed by atoms with Crippen molar-refractivity contribution in [2.24, 2.45) is 0 Å². The monoisotopic (exact) mass is 998 g/mol. The Morgan fingerprint density at radius 2 is 0.826 bits per heavy atom. The summed E-state index contributed by atoms with van der Waals surface area (Å²) in [7, 11) is 0. The third kappa shape index (κ3) is 21.7. The average Bonchev–Trinajstić information content (AvgIpc) is 3.34. The van der Waals surface area contributed by atoms with Crippen molar-refractivity contribution < 1.29 is 89.4 Å². The van der Waals surface area contributed by atoms with Crippen LogP contribution in [0, 0.1) is 0 Å². The van der Waals surface area contributed by atoms with Gasteiger partial charge in [-0.05, 0) is 12.8 Å². The van der Waals surface area contributed by atoms with Gasteiger partial charge in [-0.1, -0.05) is 162 Å². The average molecular weight is 998 g/mol. The third-order valence-corrected chi connectivity index (χ3v) is 13.9. The molecule has 0 radical (unpaired) electrons. The molecule has 69 heavy (non-hydrogen) atoms. The second kappa shape index (κ2) is 35.9. The largest absolute Gasteiger partial charge is 0.394 e. The van der Waals surface area contributed by atoms with Crippen LogP contribution in [0.25, 0.3) is 0 Å². The maximum atomic E-state index is 13.2. The smallest absolute Gasteiger partial charge is 0.220 e. The molecule has 3 fully saturated rings. The highest BCUT2D eigenvalue weighted by Crippen LogP contribution is 2.33. The van der Waals surface area contributed by atoms with Crippen LogP contribution in [-0.4, -0.2) is 193 Å². The van der Waals surface area contributed by atoms with Gasteiger partial charge in [0.2, 0.25) is 5.91 Å². The molecule has 3 saturated heterocycles. The first kappa shape index (κ1) is 62.1. The predicted molar refractivity (Wildman–Crippen MR) is 254 cm³/mol. The molecule has 3 heterocycles. The van der Waals surface area contributed by atoms with E-state index in [1.807, 2.05) is 0 Å². The van der Waals surface area contributed by atoms with Gasteiger partial charge in [-0.25, -0.2) is 0 Å². The number of aliphatic hydroxyl groups is 11. The van der Waals surface area contributed by atoms with Gasteiger partial charge in [0.15, 0.2) is 18.9 Å². The number of aliphatic hydroxyl groups excluding tert-OH is 11. The molecule has 17 unspecified atom stereocenters. The van der Waals surface area contributed by atoms with Gasteiger partial charge in [0.1, 0.15) is 73.2 Å². The zero-order valence-corrected chi connectivity index (χ0v) is 41.8. The maximum absolute atomic E-state index is 13.2. The van der Waals surface area contributed by atoms with Gasteiger partial charge in [0.05, 0.1) is 38.6 Å². The van der Waals surface area contributed by atoms with Crippen LogP contribution < -0.4 is 5.32 Å². The highest BCUT2D eigenvalue weighted by Gasteiger charge is 2.53. The number of ether oxygens (including phenoxy) is 6. The van der Waals surface area contributed by atoms with E-state index in [-0.39, 0.29) is 18.9 Å². The van der Waals surface area contributed by atoms with Gasteiger partial charge in [0, 0.05) is 6.42 Å². The van der Waals surface area contributed by atoms with E-state index in [9.17, 15) is 61.0 Å². The predicted octanol–water partition coefficient (Wildman–Crippen LogP) is 2.48. The summed E-state index contributed by atoms with van der Waals surface area (Å²) in [4.78, 5) is 13.2. The van der Waals surface area contributed by atoms with Crippen LogP contribution in [0.1, 0.15) is 181 Å². The van der Waals surface area contributed by atoms with E-state index in [1.54, 1.807) is 0 Å². The summed E-state index contributed by atoms with van der Waals surface area (Å²) in [5.41, 5.74) is 0. The molecule has 17 atom stereocenters. The molecular formula is C50H95NO18. The van der Waals surface area contributed by atoms with Gasteiger partial charge < -0.3 is 89.9 Å². The van der Waals surface area contributed by atoms with E-state index in [0.717, 1.165) is 44.9 Å². The van der Waals surface area contributed by atoms with E-state index in [0.29, 0.717) is 12.8 Å². The molecule has 3 aliphatic heterocycles. The Morgan fingerprint density at radius 1 is 0.464 bits per heavy atom. The highest BCUT2D eigenvalue weighted by atomic mass is 16.8. The first-order valence-corrected chi connectivity index (χ1v) is 26.8. The molecule has 408 valence electrons. The van der Waals surface area contributed by atoms with Crippen molar-refractivity contribution >= 4 is 5.91 Å². The molecule has 0 aromatic carbocycles. The first-order chi connectivity index (χ1) is 33.3. The Bertz CT molecular complexity index is 1290. The second-order valence-corrected chi connectivity index (χ2v) is 19.7. The maximum Gasteiger partial charge on any atom is 0.220 e. The van der Waals surface area contributed by atoms with Crippen molar-refractivity contribution in [1.29, 1.82) is 0 Å². The summed E-state index contributed by atoms with van der Waals surface area (Å²) in [6.45, 7) is 1.75. The summed E-state index contributed by atoms with van der Waals surface area (Å²) in [6, 6.07) is -0.877.